The molecular weight excluding hydrogens is 491 g/mol. The summed E-state index contributed by atoms with van der Waals surface area (Å²) in [4.78, 5) is 12.6. The zero-order valence-electron chi connectivity index (χ0n) is 21.1. The molecule has 1 aromatic heterocycles. The molecule has 6 nitrogen and oxygen atoms in total. The van der Waals surface area contributed by atoms with E-state index >= 15 is 0 Å². The van der Waals surface area contributed by atoms with Gasteiger partial charge in [-0.05, 0) is 78.9 Å². The SMILES string of the molecule is Cc1ccc(C(C)C)c(OCc2ccc(C(=O)N/N=C/c3c(C)nn(-c4ccc(F)cc4)c3Cl)cc2)c1. The fourth-order valence-corrected chi connectivity index (χ4v) is 4.11. The average Bonchev–Trinajstić information content (AvgIpc) is 3.16. The third-order valence-corrected chi connectivity index (χ3v) is 6.24. The van der Waals surface area contributed by atoms with E-state index in [4.69, 9.17) is 16.3 Å². The molecule has 0 aliphatic heterocycles. The number of benzene rings is 3. The van der Waals surface area contributed by atoms with E-state index in [2.05, 4.69) is 41.6 Å². The number of amides is 1. The van der Waals surface area contributed by atoms with E-state index in [-0.39, 0.29) is 11.7 Å². The summed E-state index contributed by atoms with van der Waals surface area (Å²) in [6.45, 7) is 8.50. The highest BCUT2D eigenvalue weighted by Gasteiger charge is 2.14. The summed E-state index contributed by atoms with van der Waals surface area (Å²) in [5.41, 5.74) is 8.02. The van der Waals surface area contributed by atoms with Gasteiger partial charge in [-0.15, -0.1) is 0 Å². The van der Waals surface area contributed by atoms with Gasteiger partial charge in [-0.2, -0.15) is 10.2 Å². The summed E-state index contributed by atoms with van der Waals surface area (Å²) in [6.07, 6.45) is 1.44. The molecular formula is C29H28ClFN4O2. The smallest absolute Gasteiger partial charge is 0.271 e. The minimum Gasteiger partial charge on any atom is -0.489 e. The summed E-state index contributed by atoms with van der Waals surface area (Å²) < 4.78 is 20.8. The Balaban J connectivity index is 1.38. The van der Waals surface area contributed by atoms with Crippen LogP contribution in [0.25, 0.3) is 5.69 Å². The van der Waals surface area contributed by atoms with Gasteiger partial charge in [0.1, 0.15) is 23.3 Å². The number of hydrogen-bond acceptors (Lipinski definition) is 4. The van der Waals surface area contributed by atoms with Gasteiger partial charge in [-0.1, -0.05) is 49.7 Å². The molecule has 0 saturated heterocycles. The van der Waals surface area contributed by atoms with Crippen molar-refractivity contribution in [3.05, 3.63) is 111 Å². The Morgan fingerprint density at radius 1 is 1.11 bits per heavy atom. The summed E-state index contributed by atoms with van der Waals surface area (Å²) in [5, 5.41) is 8.73. The first-order chi connectivity index (χ1) is 17.7. The van der Waals surface area contributed by atoms with E-state index in [9.17, 15) is 9.18 Å². The highest BCUT2D eigenvalue weighted by molar-refractivity contribution is 6.32. The minimum atomic E-state index is -0.357. The van der Waals surface area contributed by atoms with Gasteiger partial charge in [0.15, 0.2) is 0 Å². The van der Waals surface area contributed by atoms with Crippen LogP contribution in [0.1, 0.15) is 58.1 Å². The topological polar surface area (TPSA) is 68.5 Å². The van der Waals surface area contributed by atoms with Crippen LogP contribution in [-0.2, 0) is 6.61 Å². The lowest BCUT2D eigenvalue weighted by Gasteiger charge is -2.15. The Morgan fingerprint density at radius 3 is 2.49 bits per heavy atom. The van der Waals surface area contributed by atoms with E-state index < -0.39 is 0 Å². The lowest BCUT2D eigenvalue weighted by molar-refractivity contribution is 0.0955. The number of hydrogen-bond donors (Lipinski definition) is 1. The monoisotopic (exact) mass is 518 g/mol. The van der Waals surface area contributed by atoms with Crippen molar-refractivity contribution in [2.75, 3.05) is 0 Å². The predicted molar refractivity (Wildman–Crippen MR) is 144 cm³/mol. The Hall–Kier alpha value is -3.97. The molecule has 190 valence electrons. The number of aromatic nitrogens is 2. The zero-order chi connectivity index (χ0) is 26.5. The van der Waals surface area contributed by atoms with Gasteiger partial charge in [-0.3, -0.25) is 4.79 Å². The van der Waals surface area contributed by atoms with Gasteiger partial charge in [0.2, 0.25) is 0 Å². The standard InChI is InChI=1S/C29H28ClFN4O2/c1-18(2)25-14-5-19(3)15-27(25)37-17-21-6-8-22(9-7-21)29(36)33-32-16-26-20(4)34-35(28(26)30)24-12-10-23(31)11-13-24/h5-16,18H,17H2,1-4H3,(H,33,36)/b32-16+. The van der Waals surface area contributed by atoms with Crippen molar-refractivity contribution in [3.63, 3.8) is 0 Å². The minimum absolute atomic E-state index is 0.306. The molecule has 0 atom stereocenters. The van der Waals surface area contributed by atoms with Crippen molar-refractivity contribution in [2.45, 2.75) is 40.2 Å². The highest BCUT2D eigenvalue weighted by Crippen LogP contribution is 2.28. The van der Waals surface area contributed by atoms with Crippen LogP contribution in [0.3, 0.4) is 0 Å². The van der Waals surface area contributed by atoms with Gasteiger partial charge in [-0.25, -0.2) is 14.5 Å². The lowest BCUT2D eigenvalue weighted by Crippen LogP contribution is -2.17. The van der Waals surface area contributed by atoms with E-state index in [1.54, 1.807) is 31.2 Å². The normalized spacial score (nSPS) is 11.3. The second-order valence-electron chi connectivity index (χ2n) is 9.06. The summed E-state index contributed by atoms with van der Waals surface area (Å²) in [5.74, 6) is 0.533. The van der Waals surface area contributed by atoms with Crippen molar-refractivity contribution in [2.24, 2.45) is 5.10 Å². The van der Waals surface area contributed by atoms with Crippen LogP contribution in [-0.4, -0.2) is 21.9 Å². The molecule has 8 heteroatoms. The fraction of sp³-hybridized carbons (Fsp3) is 0.207. The average molecular weight is 519 g/mol. The molecule has 0 bridgehead atoms. The van der Waals surface area contributed by atoms with Gasteiger partial charge < -0.3 is 4.74 Å². The maximum absolute atomic E-state index is 13.2. The first-order valence-corrected chi connectivity index (χ1v) is 12.3. The van der Waals surface area contributed by atoms with Gasteiger partial charge in [0, 0.05) is 5.56 Å². The largest absolute Gasteiger partial charge is 0.489 e. The molecule has 0 spiro atoms. The van der Waals surface area contributed by atoms with Crippen molar-refractivity contribution in [1.82, 2.24) is 15.2 Å². The van der Waals surface area contributed by atoms with Crippen molar-refractivity contribution in [1.29, 1.82) is 0 Å². The van der Waals surface area contributed by atoms with Gasteiger partial charge in [0.25, 0.3) is 5.91 Å². The lowest BCUT2D eigenvalue weighted by atomic mass is 10.0. The molecule has 1 amide bonds. The number of nitrogens with one attached hydrogen (secondary N) is 1. The number of ether oxygens (including phenoxy) is 1. The number of hydrazone groups is 1. The number of carbonyl (C=O) groups is 1. The molecule has 4 rings (SSSR count). The highest BCUT2D eigenvalue weighted by atomic mass is 35.5. The van der Waals surface area contributed by atoms with Crippen LogP contribution >= 0.6 is 11.6 Å². The van der Waals surface area contributed by atoms with Crippen LogP contribution in [0, 0.1) is 19.7 Å². The quantitative estimate of drug-likeness (QED) is 0.207. The summed E-state index contributed by atoms with van der Waals surface area (Å²) in [7, 11) is 0. The molecule has 1 heterocycles. The van der Waals surface area contributed by atoms with Crippen molar-refractivity contribution < 1.29 is 13.9 Å². The third kappa shape index (κ3) is 6.24. The fourth-order valence-electron chi connectivity index (χ4n) is 3.79. The maximum atomic E-state index is 13.2. The number of nitrogens with zero attached hydrogens (tertiary/aromatic N) is 3. The van der Waals surface area contributed by atoms with Crippen LogP contribution in [0.4, 0.5) is 4.39 Å². The Kier molecular flexibility index (Phi) is 8.04. The molecule has 0 aliphatic carbocycles. The number of aryl methyl sites for hydroxylation is 2. The molecule has 4 aromatic rings. The Labute approximate surface area is 220 Å². The third-order valence-electron chi connectivity index (χ3n) is 5.88. The molecule has 0 saturated carbocycles. The van der Waals surface area contributed by atoms with Gasteiger partial charge >= 0.3 is 0 Å². The number of rotatable bonds is 8. The second-order valence-corrected chi connectivity index (χ2v) is 9.42. The van der Waals surface area contributed by atoms with E-state index in [1.807, 2.05) is 25.1 Å². The van der Waals surface area contributed by atoms with Crippen molar-refractivity contribution in [3.8, 4) is 11.4 Å². The first kappa shape index (κ1) is 26.1. The predicted octanol–water partition coefficient (Wildman–Crippen LogP) is 6.75. The molecule has 0 aliphatic rings. The molecule has 0 radical (unpaired) electrons. The Morgan fingerprint density at radius 2 is 1.81 bits per heavy atom. The van der Waals surface area contributed by atoms with E-state index in [0.29, 0.717) is 40.2 Å². The van der Waals surface area contributed by atoms with Crippen LogP contribution in [0.5, 0.6) is 5.75 Å². The number of halogens is 2. The maximum Gasteiger partial charge on any atom is 0.271 e. The molecule has 1 N–H and O–H groups in total. The summed E-state index contributed by atoms with van der Waals surface area (Å²) in [6, 6.07) is 19.2. The van der Waals surface area contributed by atoms with E-state index in [1.165, 1.54) is 23.0 Å². The van der Waals surface area contributed by atoms with Crippen molar-refractivity contribution >= 4 is 23.7 Å². The molecule has 37 heavy (non-hydrogen) atoms. The van der Waals surface area contributed by atoms with Crippen LogP contribution in [0.15, 0.2) is 71.8 Å². The molecule has 0 fully saturated rings. The first-order valence-electron chi connectivity index (χ1n) is 11.9. The zero-order valence-corrected chi connectivity index (χ0v) is 21.9. The molecule has 3 aromatic carbocycles. The Bertz CT molecular complexity index is 1430. The second kappa shape index (κ2) is 11.4. The number of carbonyl (C=O) groups excluding carboxylic acids is 1. The van der Waals surface area contributed by atoms with Crippen LogP contribution < -0.4 is 10.2 Å². The van der Waals surface area contributed by atoms with E-state index in [0.717, 1.165) is 22.4 Å². The van der Waals surface area contributed by atoms with Crippen LogP contribution in [0.2, 0.25) is 5.15 Å². The molecule has 0 unspecified atom stereocenters. The summed E-state index contributed by atoms with van der Waals surface area (Å²) >= 11 is 6.45. The van der Waals surface area contributed by atoms with Gasteiger partial charge in [0.05, 0.1) is 23.2 Å².